The van der Waals surface area contributed by atoms with E-state index in [0.29, 0.717) is 11.3 Å². The summed E-state index contributed by atoms with van der Waals surface area (Å²) in [6.45, 7) is 4.05. The van der Waals surface area contributed by atoms with Gasteiger partial charge < -0.3 is 10.6 Å². The largest absolute Gasteiger partial charge is 0.355 e. The Balaban J connectivity index is 2.01. The lowest BCUT2D eigenvalue weighted by molar-refractivity contribution is -0.111. The zero-order valence-corrected chi connectivity index (χ0v) is 13.5. The van der Waals surface area contributed by atoms with Crippen molar-refractivity contribution in [1.29, 1.82) is 0 Å². The van der Waals surface area contributed by atoms with E-state index in [1.807, 2.05) is 26.0 Å². The first-order valence-electron chi connectivity index (χ1n) is 7.38. The van der Waals surface area contributed by atoms with Crippen LogP contribution in [0, 0.1) is 13.8 Å². The maximum absolute atomic E-state index is 12.0. The van der Waals surface area contributed by atoms with Crippen LogP contribution in [0.1, 0.15) is 27.0 Å². The van der Waals surface area contributed by atoms with E-state index in [4.69, 9.17) is 0 Å². The summed E-state index contributed by atoms with van der Waals surface area (Å²) in [4.78, 5) is 23.4. The van der Waals surface area contributed by atoms with Gasteiger partial charge in [0.05, 0.1) is 0 Å². The summed E-state index contributed by atoms with van der Waals surface area (Å²) in [6, 6.07) is 12.8. The normalized spacial score (nSPS) is 10.6. The number of aryl methyl sites for hydroxylation is 2. The highest BCUT2D eigenvalue weighted by Gasteiger charge is 2.03. The smallest absolute Gasteiger partial charge is 0.251 e. The van der Waals surface area contributed by atoms with Crippen LogP contribution in [0.2, 0.25) is 0 Å². The number of carbonyl (C=O) groups is 2. The minimum absolute atomic E-state index is 0.155. The van der Waals surface area contributed by atoms with Crippen LogP contribution in [0.3, 0.4) is 0 Å². The molecule has 0 radical (unpaired) electrons. The fourth-order valence-electron chi connectivity index (χ4n) is 2.21. The first-order chi connectivity index (χ1) is 11.0. The number of amides is 2. The predicted molar refractivity (Wildman–Crippen MR) is 93.4 cm³/mol. The zero-order valence-electron chi connectivity index (χ0n) is 13.5. The molecular formula is C19H20N2O2. The van der Waals surface area contributed by atoms with Crippen LogP contribution < -0.4 is 10.6 Å². The number of nitrogens with one attached hydrogen (secondary N) is 2. The van der Waals surface area contributed by atoms with Crippen molar-refractivity contribution in [3.8, 4) is 0 Å². The standard InChI is InChI=1S/C19H20N2O2/c1-13-4-5-15(14(2)12-13)8-11-18(22)21-17-9-6-16(7-10-17)19(23)20-3/h4-12H,1-3H3,(H,20,23)(H,21,22)/b11-8+. The van der Waals surface area contributed by atoms with Crippen molar-refractivity contribution in [1.82, 2.24) is 5.32 Å². The second-order valence-corrected chi connectivity index (χ2v) is 5.34. The van der Waals surface area contributed by atoms with Crippen LogP contribution in [-0.4, -0.2) is 18.9 Å². The summed E-state index contributed by atoms with van der Waals surface area (Å²) in [7, 11) is 1.58. The number of carbonyl (C=O) groups excluding carboxylic acids is 2. The quantitative estimate of drug-likeness (QED) is 0.851. The van der Waals surface area contributed by atoms with E-state index in [1.165, 1.54) is 11.6 Å². The molecule has 0 saturated heterocycles. The molecule has 0 atom stereocenters. The van der Waals surface area contributed by atoms with Crippen molar-refractivity contribution in [2.24, 2.45) is 0 Å². The van der Waals surface area contributed by atoms with Crippen LogP contribution >= 0.6 is 0 Å². The van der Waals surface area contributed by atoms with Gasteiger partial charge in [0.15, 0.2) is 0 Å². The van der Waals surface area contributed by atoms with E-state index in [0.717, 1.165) is 11.1 Å². The minimum Gasteiger partial charge on any atom is -0.355 e. The lowest BCUT2D eigenvalue weighted by atomic mass is 10.1. The Morgan fingerprint density at radius 3 is 2.30 bits per heavy atom. The highest BCUT2D eigenvalue weighted by molar-refractivity contribution is 6.02. The molecule has 0 bridgehead atoms. The lowest BCUT2D eigenvalue weighted by Gasteiger charge is -2.04. The van der Waals surface area contributed by atoms with E-state index in [-0.39, 0.29) is 11.8 Å². The Labute approximate surface area is 136 Å². The Kier molecular flexibility index (Phi) is 5.31. The molecule has 2 N–H and O–H groups in total. The molecular weight excluding hydrogens is 288 g/mol. The Hall–Kier alpha value is -2.88. The Bertz CT molecular complexity index is 746. The van der Waals surface area contributed by atoms with Gasteiger partial charge in [0.25, 0.3) is 5.91 Å². The Morgan fingerprint density at radius 1 is 1.00 bits per heavy atom. The number of benzene rings is 2. The molecule has 23 heavy (non-hydrogen) atoms. The predicted octanol–water partition coefficient (Wildman–Crippen LogP) is 3.31. The molecule has 0 saturated carbocycles. The van der Waals surface area contributed by atoms with Gasteiger partial charge in [-0.05, 0) is 55.3 Å². The molecule has 2 aromatic carbocycles. The second-order valence-electron chi connectivity index (χ2n) is 5.34. The Morgan fingerprint density at radius 2 is 1.70 bits per heavy atom. The first-order valence-corrected chi connectivity index (χ1v) is 7.38. The summed E-state index contributed by atoms with van der Waals surface area (Å²) in [5.74, 6) is -0.365. The van der Waals surface area contributed by atoms with E-state index >= 15 is 0 Å². The SMILES string of the molecule is CNC(=O)c1ccc(NC(=O)/C=C/c2ccc(C)cc2C)cc1. The maximum atomic E-state index is 12.0. The molecule has 2 amide bonds. The third kappa shape index (κ3) is 4.54. The van der Waals surface area contributed by atoms with Crippen molar-refractivity contribution in [3.63, 3.8) is 0 Å². The van der Waals surface area contributed by atoms with Crippen LogP contribution in [0.15, 0.2) is 48.5 Å². The molecule has 0 aliphatic carbocycles. The van der Waals surface area contributed by atoms with Crippen molar-refractivity contribution >= 4 is 23.6 Å². The van der Waals surface area contributed by atoms with Gasteiger partial charge in [-0.2, -0.15) is 0 Å². The van der Waals surface area contributed by atoms with Gasteiger partial charge >= 0.3 is 0 Å². The fraction of sp³-hybridized carbons (Fsp3) is 0.158. The molecule has 2 rings (SSSR count). The van der Waals surface area contributed by atoms with E-state index in [9.17, 15) is 9.59 Å². The second kappa shape index (κ2) is 7.40. The van der Waals surface area contributed by atoms with Crippen molar-refractivity contribution in [2.75, 3.05) is 12.4 Å². The van der Waals surface area contributed by atoms with Gasteiger partial charge in [0.1, 0.15) is 0 Å². The maximum Gasteiger partial charge on any atom is 0.251 e. The third-order valence-electron chi connectivity index (χ3n) is 3.48. The number of rotatable bonds is 4. The highest BCUT2D eigenvalue weighted by Crippen LogP contribution is 2.13. The first kappa shape index (κ1) is 16.5. The number of anilines is 1. The molecule has 4 heteroatoms. The van der Waals surface area contributed by atoms with E-state index in [2.05, 4.69) is 16.7 Å². The monoisotopic (exact) mass is 308 g/mol. The van der Waals surface area contributed by atoms with E-state index < -0.39 is 0 Å². The third-order valence-corrected chi connectivity index (χ3v) is 3.48. The fourth-order valence-corrected chi connectivity index (χ4v) is 2.21. The van der Waals surface area contributed by atoms with Gasteiger partial charge in [-0.25, -0.2) is 0 Å². The minimum atomic E-state index is -0.210. The van der Waals surface area contributed by atoms with Crippen LogP contribution in [0.4, 0.5) is 5.69 Å². The van der Waals surface area contributed by atoms with Gasteiger partial charge in [-0.1, -0.05) is 23.8 Å². The van der Waals surface area contributed by atoms with Crippen molar-refractivity contribution < 1.29 is 9.59 Å². The van der Waals surface area contributed by atoms with Crippen molar-refractivity contribution in [2.45, 2.75) is 13.8 Å². The summed E-state index contributed by atoms with van der Waals surface area (Å²) >= 11 is 0. The summed E-state index contributed by atoms with van der Waals surface area (Å²) in [5.41, 5.74) is 4.54. The van der Waals surface area contributed by atoms with Gasteiger partial charge in [0.2, 0.25) is 5.91 Å². The average Bonchev–Trinajstić information content (AvgIpc) is 2.54. The molecule has 0 spiro atoms. The van der Waals surface area contributed by atoms with Crippen molar-refractivity contribution in [3.05, 3.63) is 70.8 Å². The summed E-state index contributed by atoms with van der Waals surface area (Å²) in [5, 5.41) is 5.32. The molecule has 0 aromatic heterocycles. The topological polar surface area (TPSA) is 58.2 Å². The van der Waals surface area contributed by atoms with Gasteiger partial charge in [-0.15, -0.1) is 0 Å². The van der Waals surface area contributed by atoms with Crippen LogP contribution in [-0.2, 0) is 4.79 Å². The molecule has 0 aliphatic heterocycles. The van der Waals surface area contributed by atoms with Crippen LogP contribution in [0.25, 0.3) is 6.08 Å². The van der Waals surface area contributed by atoms with Crippen LogP contribution in [0.5, 0.6) is 0 Å². The summed E-state index contributed by atoms with van der Waals surface area (Å²) < 4.78 is 0. The number of hydrogen-bond donors (Lipinski definition) is 2. The lowest BCUT2D eigenvalue weighted by Crippen LogP contribution is -2.17. The average molecular weight is 308 g/mol. The molecule has 2 aromatic rings. The van der Waals surface area contributed by atoms with Gasteiger partial charge in [-0.3, -0.25) is 9.59 Å². The number of hydrogen-bond acceptors (Lipinski definition) is 2. The molecule has 0 fully saturated rings. The van der Waals surface area contributed by atoms with E-state index in [1.54, 1.807) is 37.4 Å². The molecule has 0 aliphatic rings. The summed E-state index contributed by atoms with van der Waals surface area (Å²) in [6.07, 6.45) is 3.30. The zero-order chi connectivity index (χ0) is 16.8. The molecule has 4 nitrogen and oxygen atoms in total. The highest BCUT2D eigenvalue weighted by atomic mass is 16.2. The van der Waals surface area contributed by atoms with Gasteiger partial charge in [0, 0.05) is 24.4 Å². The molecule has 0 unspecified atom stereocenters. The molecule has 118 valence electrons. The molecule has 0 heterocycles.